The highest BCUT2D eigenvalue weighted by atomic mass is 35.5. The number of anilines is 3. The predicted octanol–water partition coefficient (Wildman–Crippen LogP) is 4.43. The molecular formula is C19H17ClN4O. The van der Waals surface area contributed by atoms with E-state index < -0.39 is 0 Å². The van der Waals surface area contributed by atoms with E-state index in [0.717, 1.165) is 16.8 Å². The Balaban J connectivity index is 1.91. The highest BCUT2D eigenvalue weighted by Gasteiger charge is 2.06. The summed E-state index contributed by atoms with van der Waals surface area (Å²) in [7, 11) is 0. The van der Waals surface area contributed by atoms with E-state index in [1.165, 1.54) is 0 Å². The highest BCUT2D eigenvalue weighted by Crippen LogP contribution is 2.28. The molecule has 3 aromatic rings. The average molecular weight is 353 g/mol. The summed E-state index contributed by atoms with van der Waals surface area (Å²) >= 11 is 5.94. The fraction of sp³-hybridized carbons (Fsp3) is 0. The zero-order chi connectivity index (χ0) is 17.8. The maximum absolute atomic E-state index is 8.82. The van der Waals surface area contributed by atoms with E-state index in [2.05, 4.69) is 10.5 Å². The van der Waals surface area contributed by atoms with Crippen molar-refractivity contribution in [3.63, 3.8) is 0 Å². The van der Waals surface area contributed by atoms with Crippen LogP contribution in [0.15, 0.2) is 71.9 Å². The SMILES string of the molecule is NC(=NO)c1ccc(N)c(Nc2cccc(-c3ccc(Cl)cc3)c2)c1. The molecule has 0 aliphatic rings. The number of oxime groups is 1. The molecule has 0 aliphatic carbocycles. The maximum atomic E-state index is 8.82. The van der Waals surface area contributed by atoms with E-state index in [0.29, 0.717) is 22.0 Å². The highest BCUT2D eigenvalue weighted by molar-refractivity contribution is 6.30. The Kier molecular flexibility index (Phi) is 4.77. The molecule has 0 saturated heterocycles. The second-order valence-corrected chi connectivity index (χ2v) is 5.94. The van der Waals surface area contributed by atoms with Crippen molar-refractivity contribution in [1.29, 1.82) is 0 Å². The standard InChI is InChI=1S/C19H17ClN4O/c20-15-7-4-12(5-8-15)13-2-1-3-16(10-13)23-18-11-14(19(22)24-25)6-9-17(18)21/h1-11,23,25H,21H2,(H2,22,24). The summed E-state index contributed by atoms with van der Waals surface area (Å²) in [6.45, 7) is 0. The number of nitrogens with two attached hydrogens (primary N) is 2. The number of benzene rings is 3. The predicted molar refractivity (Wildman–Crippen MR) is 104 cm³/mol. The van der Waals surface area contributed by atoms with Crippen molar-refractivity contribution in [2.45, 2.75) is 0 Å². The molecule has 0 aliphatic heterocycles. The van der Waals surface area contributed by atoms with Crippen molar-refractivity contribution in [2.75, 3.05) is 11.1 Å². The van der Waals surface area contributed by atoms with E-state index in [1.54, 1.807) is 18.2 Å². The van der Waals surface area contributed by atoms with Gasteiger partial charge in [0.2, 0.25) is 0 Å². The van der Waals surface area contributed by atoms with Gasteiger partial charge in [0.15, 0.2) is 5.84 Å². The molecule has 0 bridgehead atoms. The summed E-state index contributed by atoms with van der Waals surface area (Å²) in [6.07, 6.45) is 0. The first-order chi connectivity index (χ1) is 12.1. The Morgan fingerprint density at radius 1 is 0.960 bits per heavy atom. The molecule has 0 radical (unpaired) electrons. The molecule has 5 nitrogen and oxygen atoms in total. The van der Waals surface area contributed by atoms with Crippen molar-refractivity contribution in [3.8, 4) is 11.1 Å². The summed E-state index contributed by atoms with van der Waals surface area (Å²) in [5.74, 6) is 0.0259. The third kappa shape index (κ3) is 3.84. The molecule has 0 saturated carbocycles. The molecule has 0 unspecified atom stereocenters. The normalized spacial score (nSPS) is 11.3. The lowest BCUT2D eigenvalue weighted by Crippen LogP contribution is -2.13. The van der Waals surface area contributed by atoms with Crippen molar-refractivity contribution in [1.82, 2.24) is 0 Å². The quantitative estimate of drug-likeness (QED) is 0.183. The Morgan fingerprint density at radius 3 is 2.44 bits per heavy atom. The molecule has 25 heavy (non-hydrogen) atoms. The number of hydrogen-bond donors (Lipinski definition) is 4. The molecule has 0 atom stereocenters. The lowest BCUT2D eigenvalue weighted by molar-refractivity contribution is 0.318. The summed E-state index contributed by atoms with van der Waals surface area (Å²) in [4.78, 5) is 0. The summed E-state index contributed by atoms with van der Waals surface area (Å²) < 4.78 is 0. The van der Waals surface area contributed by atoms with E-state index >= 15 is 0 Å². The molecule has 3 aromatic carbocycles. The number of halogens is 1. The summed E-state index contributed by atoms with van der Waals surface area (Å²) in [5, 5.41) is 15.8. The number of nitrogens with zero attached hydrogens (tertiary/aromatic N) is 1. The van der Waals surface area contributed by atoms with Gasteiger partial charge in [-0.1, -0.05) is 41.0 Å². The van der Waals surface area contributed by atoms with Crippen LogP contribution >= 0.6 is 11.6 Å². The Hall–Kier alpha value is -3.18. The van der Waals surface area contributed by atoms with Crippen LogP contribution in [0.1, 0.15) is 5.56 Å². The third-order valence-corrected chi connectivity index (χ3v) is 4.03. The molecule has 3 rings (SSSR count). The van der Waals surface area contributed by atoms with E-state index in [-0.39, 0.29) is 5.84 Å². The number of rotatable bonds is 4. The topological polar surface area (TPSA) is 96.7 Å². The summed E-state index contributed by atoms with van der Waals surface area (Å²) in [6, 6.07) is 20.7. The lowest BCUT2D eigenvalue weighted by Gasteiger charge is -2.12. The van der Waals surface area contributed by atoms with Gasteiger partial charge in [-0.15, -0.1) is 0 Å². The van der Waals surface area contributed by atoms with Gasteiger partial charge in [0.1, 0.15) is 0 Å². The van der Waals surface area contributed by atoms with Gasteiger partial charge in [0.05, 0.1) is 11.4 Å². The van der Waals surface area contributed by atoms with Gasteiger partial charge in [-0.2, -0.15) is 0 Å². The molecule has 0 heterocycles. The van der Waals surface area contributed by atoms with Crippen LogP contribution in [-0.2, 0) is 0 Å². The van der Waals surface area contributed by atoms with Crippen LogP contribution in [0.3, 0.4) is 0 Å². The van der Waals surface area contributed by atoms with E-state index in [4.69, 9.17) is 28.3 Å². The zero-order valence-corrected chi connectivity index (χ0v) is 14.0. The molecule has 0 aromatic heterocycles. The smallest absolute Gasteiger partial charge is 0.170 e. The summed E-state index contributed by atoms with van der Waals surface area (Å²) in [5.41, 5.74) is 16.5. The molecule has 6 N–H and O–H groups in total. The minimum absolute atomic E-state index is 0.0259. The van der Waals surface area contributed by atoms with Crippen LogP contribution in [0.4, 0.5) is 17.1 Å². The van der Waals surface area contributed by atoms with Gasteiger partial charge < -0.3 is 22.0 Å². The second-order valence-electron chi connectivity index (χ2n) is 5.50. The van der Waals surface area contributed by atoms with Crippen molar-refractivity contribution in [2.24, 2.45) is 10.9 Å². The third-order valence-electron chi connectivity index (χ3n) is 3.78. The van der Waals surface area contributed by atoms with Gasteiger partial charge in [-0.3, -0.25) is 0 Å². The first-order valence-electron chi connectivity index (χ1n) is 7.57. The van der Waals surface area contributed by atoms with Gasteiger partial charge in [-0.05, 0) is 53.6 Å². The minimum Gasteiger partial charge on any atom is -0.409 e. The van der Waals surface area contributed by atoms with E-state index in [1.807, 2.05) is 48.5 Å². The molecule has 126 valence electrons. The molecule has 0 fully saturated rings. The monoisotopic (exact) mass is 352 g/mol. The van der Waals surface area contributed by atoms with Gasteiger partial charge >= 0.3 is 0 Å². The molecule has 0 spiro atoms. The van der Waals surface area contributed by atoms with Crippen LogP contribution in [0, 0.1) is 0 Å². The lowest BCUT2D eigenvalue weighted by atomic mass is 10.0. The number of hydrogen-bond acceptors (Lipinski definition) is 4. The first-order valence-corrected chi connectivity index (χ1v) is 7.95. The second kappa shape index (κ2) is 7.15. The molecule has 0 amide bonds. The Bertz CT molecular complexity index is 923. The number of nitrogen functional groups attached to an aromatic ring is 1. The van der Waals surface area contributed by atoms with Crippen LogP contribution in [-0.4, -0.2) is 11.0 Å². The minimum atomic E-state index is 0.0259. The number of amidine groups is 1. The average Bonchev–Trinajstić information content (AvgIpc) is 2.64. The maximum Gasteiger partial charge on any atom is 0.170 e. The first kappa shape index (κ1) is 16.7. The van der Waals surface area contributed by atoms with Crippen LogP contribution in [0.25, 0.3) is 11.1 Å². The van der Waals surface area contributed by atoms with Crippen molar-refractivity contribution < 1.29 is 5.21 Å². The zero-order valence-electron chi connectivity index (χ0n) is 13.3. The fourth-order valence-corrected chi connectivity index (χ4v) is 2.58. The van der Waals surface area contributed by atoms with Crippen molar-refractivity contribution in [3.05, 3.63) is 77.3 Å². The Morgan fingerprint density at radius 2 is 1.72 bits per heavy atom. The van der Waals surface area contributed by atoms with Gasteiger partial charge in [0.25, 0.3) is 0 Å². The van der Waals surface area contributed by atoms with E-state index in [9.17, 15) is 0 Å². The van der Waals surface area contributed by atoms with Crippen LogP contribution in [0.5, 0.6) is 0 Å². The molecular weight excluding hydrogens is 336 g/mol. The number of nitrogens with one attached hydrogen (secondary N) is 1. The van der Waals surface area contributed by atoms with Crippen LogP contribution in [0.2, 0.25) is 5.02 Å². The van der Waals surface area contributed by atoms with Gasteiger partial charge in [0, 0.05) is 16.3 Å². The largest absolute Gasteiger partial charge is 0.409 e. The molecule has 6 heteroatoms. The fourth-order valence-electron chi connectivity index (χ4n) is 2.46. The van der Waals surface area contributed by atoms with Crippen molar-refractivity contribution >= 4 is 34.5 Å². The Labute approximate surface area is 150 Å². The van der Waals surface area contributed by atoms with Gasteiger partial charge in [-0.25, -0.2) is 0 Å². The van der Waals surface area contributed by atoms with Crippen LogP contribution < -0.4 is 16.8 Å².